The number of nitrogens with zero attached hydrogens (tertiary/aromatic N) is 1. The van der Waals surface area contributed by atoms with Gasteiger partial charge in [0.2, 0.25) is 0 Å². The number of aryl methyl sites for hydroxylation is 1. The number of aromatic nitrogens is 1. The van der Waals surface area contributed by atoms with Crippen LogP contribution in [0, 0.1) is 6.92 Å². The predicted octanol–water partition coefficient (Wildman–Crippen LogP) is 3.21. The third-order valence-corrected chi connectivity index (χ3v) is 4.95. The molecule has 0 unspecified atom stereocenters. The zero-order valence-corrected chi connectivity index (χ0v) is 10.6. The lowest BCUT2D eigenvalue weighted by molar-refractivity contribution is -0.143. The fourth-order valence-corrected chi connectivity index (χ4v) is 3.79. The minimum atomic E-state index is -0.661. The number of carbonyl (C=O) groups is 1. The van der Waals surface area contributed by atoms with E-state index in [4.69, 9.17) is 0 Å². The average molecular weight is 249 g/mol. The SMILES string of the molecule is Cc1csc2cc(C3(C(=O)O)CCCC3)cn12. The molecule has 0 aromatic carbocycles. The van der Waals surface area contributed by atoms with Gasteiger partial charge in [-0.2, -0.15) is 0 Å². The van der Waals surface area contributed by atoms with Crippen LogP contribution in [0.25, 0.3) is 4.83 Å². The zero-order chi connectivity index (χ0) is 12.0. The molecule has 90 valence electrons. The monoisotopic (exact) mass is 249 g/mol. The highest BCUT2D eigenvalue weighted by molar-refractivity contribution is 7.15. The Morgan fingerprint density at radius 2 is 2.18 bits per heavy atom. The van der Waals surface area contributed by atoms with Crippen LogP contribution >= 0.6 is 11.3 Å². The van der Waals surface area contributed by atoms with Crippen molar-refractivity contribution >= 4 is 22.1 Å². The number of hydrogen-bond donors (Lipinski definition) is 1. The zero-order valence-electron chi connectivity index (χ0n) is 9.77. The van der Waals surface area contributed by atoms with Crippen LogP contribution in [0.2, 0.25) is 0 Å². The summed E-state index contributed by atoms with van der Waals surface area (Å²) >= 11 is 1.67. The highest BCUT2D eigenvalue weighted by Gasteiger charge is 2.43. The molecule has 1 fully saturated rings. The molecule has 4 heteroatoms. The lowest BCUT2D eigenvalue weighted by atomic mass is 9.80. The van der Waals surface area contributed by atoms with Crippen molar-refractivity contribution in [2.45, 2.75) is 38.0 Å². The van der Waals surface area contributed by atoms with Gasteiger partial charge in [0.15, 0.2) is 0 Å². The molecule has 2 heterocycles. The highest BCUT2D eigenvalue weighted by atomic mass is 32.1. The van der Waals surface area contributed by atoms with Gasteiger partial charge in [-0.05, 0) is 31.4 Å². The Morgan fingerprint density at radius 3 is 2.76 bits per heavy atom. The Balaban J connectivity index is 2.15. The fourth-order valence-electron chi connectivity index (χ4n) is 2.88. The molecule has 0 aliphatic heterocycles. The first-order chi connectivity index (χ1) is 8.13. The number of hydrogen-bond acceptors (Lipinski definition) is 2. The van der Waals surface area contributed by atoms with Gasteiger partial charge in [0.25, 0.3) is 0 Å². The van der Waals surface area contributed by atoms with E-state index in [9.17, 15) is 9.90 Å². The maximum absolute atomic E-state index is 11.6. The minimum absolute atomic E-state index is 0.627. The van der Waals surface area contributed by atoms with Crippen molar-refractivity contribution in [3.8, 4) is 0 Å². The number of rotatable bonds is 2. The van der Waals surface area contributed by atoms with Crippen LogP contribution in [0.3, 0.4) is 0 Å². The van der Waals surface area contributed by atoms with Gasteiger partial charge in [-0.25, -0.2) is 0 Å². The standard InChI is InChI=1S/C13H15NO2S/c1-9-8-17-11-6-10(7-14(9)11)13(12(15)16)4-2-3-5-13/h6-8H,2-5H2,1H3,(H,15,16). The molecule has 2 aromatic rings. The minimum Gasteiger partial charge on any atom is -0.481 e. The van der Waals surface area contributed by atoms with Crippen LogP contribution in [0.15, 0.2) is 17.6 Å². The maximum atomic E-state index is 11.6. The predicted molar refractivity (Wildman–Crippen MR) is 67.8 cm³/mol. The summed E-state index contributed by atoms with van der Waals surface area (Å²) in [5.74, 6) is -0.661. The number of aliphatic carboxylic acids is 1. The molecule has 0 saturated heterocycles. The quantitative estimate of drug-likeness (QED) is 0.888. The van der Waals surface area contributed by atoms with Gasteiger partial charge in [0.1, 0.15) is 0 Å². The van der Waals surface area contributed by atoms with E-state index in [2.05, 4.69) is 22.8 Å². The van der Waals surface area contributed by atoms with E-state index in [0.717, 1.165) is 36.1 Å². The van der Waals surface area contributed by atoms with Crippen molar-refractivity contribution in [1.29, 1.82) is 0 Å². The summed E-state index contributed by atoms with van der Waals surface area (Å²) in [4.78, 5) is 12.7. The topological polar surface area (TPSA) is 41.7 Å². The summed E-state index contributed by atoms with van der Waals surface area (Å²) in [7, 11) is 0. The van der Waals surface area contributed by atoms with Crippen molar-refractivity contribution in [3.05, 3.63) is 28.9 Å². The molecule has 1 aliphatic carbocycles. The average Bonchev–Trinajstić information content (AvgIpc) is 2.95. The van der Waals surface area contributed by atoms with Gasteiger partial charge in [-0.1, -0.05) is 12.8 Å². The lowest BCUT2D eigenvalue weighted by Gasteiger charge is -2.22. The maximum Gasteiger partial charge on any atom is 0.314 e. The summed E-state index contributed by atoms with van der Waals surface area (Å²) in [5.41, 5.74) is 1.53. The Bertz CT molecular complexity index is 575. The fraction of sp³-hybridized carbons (Fsp3) is 0.462. The molecule has 3 nitrogen and oxygen atoms in total. The third-order valence-electron chi connectivity index (χ3n) is 3.93. The molecule has 1 saturated carbocycles. The third kappa shape index (κ3) is 1.43. The van der Waals surface area contributed by atoms with Gasteiger partial charge in [0.05, 0.1) is 10.2 Å². The van der Waals surface area contributed by atoms with E-state index < -0.39 is 11.4 Å². The van der Waals surface area contributed by atoms with E-state index in [1.54, 1.807) is 11.3 Å². The Kier molecular flexibility index (Phi) is 2.30. The van der Waals surface area contributed by atoms with Crippen LogP contribution in [0.1, 0.15) is 36.9 Å². The second kappa shape index (κ2) is 3.60. The van der Waals surface area contributed by atoms with Gasteiger partial charge in [0, 0.05) is 17.3 Å². The first-order valence-electron chi connectivity index (χ1n) is 5.93. The second-order valence-electron chi connectivity index (χ2n) is 4.91. The van der Waals surface area contributed by atoms with Crippen molar-refractivity contribution < 1.29 is 9.90 Å². The summed E-state index contributed by atoms with van der Waals surface area (Å²) < 4.78 is 2.10. The normalized spacial score (nSPS) is 18.9. The van der Waals surface area contributed by atoms with Crippen LogP contribution < -0.4 is 0 Å². The molecule has 17 heavy (non-hydrogen) atoms. The first kappa shape index (κ1) is 10.8. The van der Waals surface area contributed by atoms with E-state index >= 15 is 0 Å². The van der Waals surface area contributed by atoms with Crippen LogP contribution in [0.5, 0.6) is 0 Å². The Morgan fingerprint density at radius 1 is 1.47 bits per heavy atom. The van der Waals surface area contributed by atoms with Crippen LogP contribution in [0.4, 0.5) is 0 Å². The van der Waals surface area contributed by atoms with Gasteiger partial charge in [-0.15, -0.1) is 11.3 Å². The van der Waals surface area contributed by atoms with Gasteiger partial charge >= 0.3 is 5.97 Å². The second-order valence-corrected chi connectivity index (χ2v) is 5.80. The summed E-state index contributed by atoms with van der Waals surface area (Å²) in [6, 6.07) is 2.05. The van der Waals surface area contributed by atoms with Crippen molar-refractivity contribution in [2.24, 2.45) is 0 Å². The molecule has 1 aliphatic rings. The molecule has 3 rings (SSSR count). The van der Waals surface area contributed by atoms with E-state index in [1.807, 2.05) is 6.20 Å². The largest absolute Gasteiger partial charge is 0.481 e. The molecule has 0 bridgehead atoms. The molecule has 0 atom stereocenters. The van der Waals surface area contributed by atoms with E-state index in [-0.39, 0.29) is 0 Å². The molecule has 1 N–H and O–H groups in total. The molecule has 0 radical (unpaired) electrons. The first-order valence-corrected chi connectivity index (χ1v) is 6.81. The van der Waals surface area contributed by atoms with Crippen molar-refractivity contribution in [2.75, 3.05) is 0 Å². The number of carboxylic acids is 1. The lowest BCUT2D eigenvalue weighted by Crippen LogP contribution is -2.32. The molecule has 2 aromatic heterocycles. The summed E-state index contributed by atoms with van der Waals surface area (Å²) in [6.45, 7) is 2.05. The van der Waals surface area contributed by atoms with Gasteiger partial charge < -0.3 is 9.51 Å². The number of carboxylic acid groups (broad SMARTS) is 1. The van der Waals surface area contributed by atoms with E-state index in [0.29, 0.717) is 0 Å². The highest BCUT2D eigenvalue weighted by Crippen LogP contribution is 2.42. The smallest absolute Gasteiger partial charge is 0.314 e. The van der Waals surface area contributed by atoms with Gasteiger partial charge in [-0.3, -0.25) is 4.79 Å². The molecular formula is C13H15NO2S. The summed E-state index contributed by atoms with van der Waals surface area (Å²) in [5, 5.41) is 11.6. The molecular weight excluding hydrogens is 234 g/mol. The van der Waals surface area contributed by atoms with Crippen molar-refractivity contribution in [3.63, 3.8) is 0 Å². The molecule has 0 spiro atoms. The van der Waals surface area contributed by atoms with E-state index in [1.165, 1.54) is 5.69 Å². The number of thiazole rings is 1. The summed E-state index contributed by atoms with van der Waals surface area (Å²) in [6.07, 6.45) is 5.61. The number of fused-ring (bicyclic) bond motifs is 1. The van der Waals surface area contributed by atoms with Crippen LogP contribution in [-0.2, 0) is 10.2 Å². The Hall–Kier alpha value is -1.29. The van der Waals surface area contributed by atoms with Crippen LogP contribution in [-0.4, -0.2) is 15.5 Å². The molecule has 0 amide bonds. The Labute approximate surface area is 104 Å². The van der Waals surface area contributed by atoms with Crippen molar-refractivity contribution in [1.82, 2.24) is 4.40 Å².